The number of anilines is 2. The summed E-state index contributed by atoms with van der Waals surface area (Å²) in [5, 5.41) is 5.61. The molecule has 4 heteroatoms. The molecule has 3 N–H and O–H groups in total. The van der Waals surface area contributed by atoms with Crippen LogP contribution in [-0.4, -0.2) is 7.11 Å². The lowest BCUT2D eigenvalue weighted by Crippen LogP contribution is -2.08. The molecule has 96 valence electrons. The molecule has 1 atom stereocenters. The van der Waals surface area contributed by atoms with E-state index in [1.54, 1.807) is 18.4 Å². The highest BCUT2D eigenvalue weighted by Gasteiger charge is 2.10. The van der Waals surface area contributed by atoms with Gasteiger partial charge in [-0.1, -0.05) is 13.0 Å². The van der Waals surface area contributed by atoms with E-state index in [0.717, 1.165) is 12.1 Å². The minimum atomic E-state index is 0.332. The Hall–Kier alpha value is -1.68. The number of rotatable bonds is 5. The number of nitrogen functional groups attached to an aromatic ring is 1. The molecular formula is C14H18N2OS. The molecule has 0 aliphatic rings. The smallest absolute Gasteiger partial charge is 0.143 e. The lowest BCUT2D eigenvalue weighted by atomic mass is 10.1. The second-order valence-electron chi connectivity index (χ2n) is 4.08. The van der Waals surface area contributed by atoms with Gasteiger partial charge in [0.2, 0.25) is 0 Å². The van der Waals surface area contributed by atoms with Crippen LogP contribution < -0.4 is 15.8 Å². The first kappa shape index (κ1) is 12.8. The van der Waals surface area contributed by atoms with Gasteiger partial charge in [-0.05, 0) is 30.0 Å². The van der Waals surface area contributed by atoms with Crippen LogP contribution >= 0.6 is 11.3 Å². The first-order chi connectivity index (χ1) is 8.74. The summed E-state index contributed by atoms with van der Waals surface area (Å²) in [6.07, 6.45) is 1.03. The molecule has 1 aromatic carbocycles. The van der Waals surface area contributed by atoms with Crippen molar-refractivity contribution in [1.29, 1.82) is 0 Å². The second-order valence-corrected chi connectivity index (χ2v) is 5.06. The quantitative estimate of drug-likeness (QED) is 0.803. The molecule has 1 heterocycles. The van der Waals surface area contributed by atoms with Gasteiger partial charge in [-0.2, -0.15) is 0 Å². The zero-order valence-corrected chi connectivity index (χ0v) is 11.5. The Morgan fingerprint density at radius 3 is 2.83 bits per heavy atom. The minimum absolute atomic E-state index is 0.332. The molecule has 0 saturated heterocycles. The van der Waals surface area contributed by atoms with Crippen molar-refractivity contribution >= 4 is 22.7 Å². The summed E-state index contributed by atoms with van der Waals surface area (Å²) in [5.41, 5.74) is 7.50. The molecule has 0 saturated carbocycles. The Kier molecular flexibility index (Phi) is 4.10. The normalized spacial score (nSPS) is 12.1. The predicted octanol–water partition coefficient (Wildman–Crippen LogP) is 3.90. The Labute approximate surface area is 112 Å². The van der Waals surface area contributed by atoms with Gasteiger partial charge in [-0.3, -0.25) is 0 Å². The van der Waals surface area contributed by atoms with E-state index in [2.05, 4.69) is 29.8 Å². The van der Waals surface area contributed by atoms with Gasteiger partial charge in [-0.15, -0.1) is 11.3 Å². The van der Waals surface area contributed by atoms with Crippen molar-refractivity contribution in [2.75, 3.05) is 18.2 Å². The van der Waals surface area contributed by atoms with Crippen molar-refractivity contribution in [3.05, 3.63) is 40.6 Å². The molecule has 0 bridgehead atoms. The van der Waals surface area contributed by atoms with E-state index in [0.29, 0.717) is 17.5 Å². The van der Waals surface area contributed by atoms with Crippen LogP contribution in [0, 0.1) is 0 Å². The molecule has 1 aromatic heterocycles. The fourth-order valence-corrected chi connectivity index (χ4v) is 2.73. The molecule has 0 fully saturated rings. The largest absolute Gasteiger partial charge is 0.495 e. The third-order valence-corrected chi connectivity index (χ3v) is 3.86. The SMILES string of the molecule is CCC(Nc1ccc(N)c(OC)c1)c1cccs1. The second kappa shape index (κ2) is 5.78. The molecule has 0 amide bonds. The van der Waals surface area contributed by atoms with Crippen LogP contribution in [0.3, 0.4) is 0 Å². The fraction of sp³-hybridized carbons (Fsp3) is 0.286. The van der Waals surface area contributed by atoms with Crippen molar-refractivity contribution in [2.24, 2.45) is 0 Å². The monoisotopic (exact) mass is 262 g/mol. The number of hydrogen-bond donors (Lipinski definition) is 2. The molecule has 2 rings (SSSR count). The lowest BCUT2D eigenvalue weighted by Gasteiger charge is -2.17. The van der Waals surface area contributed by atoms with Gasteiger partial charge in [0.25, 0.3) is 0 Å². The van der Waals surface area contributed by atoms with Gasteiger partial charge in [0.1, 0.15) is 5.75 Å². The van der Waals surface area contributed by atoms with E-state index in [9.17, 15) is 0 Å². The van der Waals surface area contributed by atoms with Crippen molar-refractivity contribution < 1.29 is 4.74 Å². The highest BCUT2D eigenvalue weighted by atomic mass is 32.1. The van der Waals surface area contributed by atoms with E-state index in [4.69, 9.17) is 10.5 Å². The van der Waals surface area contributed by atoms with E-state index in [1.807, 2.05) is 18.2 Å². The number of benzene rings is 1. The third kappa shape index (κ3) is 2.76. The van der Waals surface area contributed by atoms with Crippen LogP contribution in [0.1, 0.15) is 24.3 Å². The zero-order valence-electron chi connectivity index (χ0n) is 10.6. The number of ether oxygens (including phenoxy) is 1. The first-order valence-corrected chi connectivity index (χ1v) is 6.86. The number of thiophene rings is 1. The predicted molar refractivity (Wildman–Crippen MR) is 78.4 cm³/mol. The van der Waals surface area contributed by atoms with Gasteiger partial charge < -0.3 is 15.8 Å². The topological polar surface area (TPSA) is 47.3 Å². The first-order valence-electron chi connectivity index (χ1n) is 5.98. The fourth-order valence-electron chi connectivity index (χ4n) is 1.87. The molecular weight excluding hydrogens is 244 g/mol. The summed E-state index contributed by atoms with van der Waals surface area (Å²) in [7, 11) is 1.63. The van der Waals surface area contributed by atoms with Crippen molar-refractivity contribution in [2.45, 2.75) is 19.4 Å². The Morgan fingerprint density at radius 1 is 1.39 bits per heavy atom. The van der Waals surface area contributed by atoms with Crippen LogP contribution in [-0.2, 0) is 0 Å². The summed E-state index contributed by atoms with van der Waals surface area (Å²) in [4.78, 5) is 1.34. The van der Waals surface area contributed by atoms with E-state index >= 15 is 0 Å². The maximum absolute atomic E-state index is 5.81. The average molecular weight is 262 g/mol. The molecule has 18 heavy (non-hydrogen) atoms. The molecule has 3 nitrogen and oxygen atoms in total. The van der Waals surface area contributed by atoms with Crippen LogP contribution in [0.15, 0.2) is 35.7 Å². The zero-order chi connectivity index (χ0) is 13.0. The number of nitrogens with one attached hydrogen (secondary N) is 1. The summed E-state index contributed by atoms with van der Waals surface area (Å²) < 4.78 is 5.23. The highest BCUT2D eigenvalue weighted by Crippen LogP contribution is 2.30. The molecule has 0 radical (unpaired) electrons. The molecule has 0 aliphatic carbocycles. The average Bonchev–Trinajstić information content (AvgIpc) is 2.91. The Bertz CT molecular complexity index is 497. The summed E-state index contributed by atoms with van der Waals surface area (Å²) in [5.74, 6) is 0.709. The van der Waals surface area contributed by atoms with Crippen LogP contribution in [0.25, 0.3) is 0 Å². The number of nitrogens with two attached hydrogens (primary N) is 1. The summed E-state index contributed by atoms with van der Waals surface area (Å²) >= 11 is 1.77. The maximum Gasteiger partial charge on any atom is 0.143 e. The molecule has 2 aromatic rings. The summed E-state index contributed by atoms with van der Waals surface area (Å²) in [6.45, 7) is 2.17. The maximum atomic E-state index is 5.81. The summed E-state index contributed by atoms with van der Waals surface area (Å²) in [6, 6.07) is 10.3. The molecule has 1 unspecified atom stereocenters. The van der Waals surface area contributed by atoms with E-state index in [-0.39, 0.29) is 0 Å². The van der Waals surface area contributed by atoms with Gasteiger partial charge >= 0.3 is 0 Å². The molecule has 0 spiro atoms. The number of hydrogen-bond acceptors (Lipinski definition) is 4. The van der Waals surface area contributed by atoms with Crippen LogP contribution in [0.5, 0.6) is 5.75 Å². The van der Waals surface area contributed by atoms with Gasteiger partial charge in [-0.25, -0.2) is 0 Å². The van der Waals surface area contributed by atoms with Gasteiger partial charge in [0, 0.05) is 16.6 Å². The van der Waals surface area contributed by atoms with Crippen LogP contribution in [0.4, 0.5) is 11.4 Å². The van der Waals surface area contributed by atoms with Crippen LogP contribution in [0.2, 0.25) is 0 Å². The molecule has 0 aliphatic heterocycles. The van der Waals surface area contributed by atoms with E-state index in [1.165, 1.54) is 4.88 Å². The highest BCUT2D eigenvalue weighted by molar-refractivity contribution is 7.10. The third-order valence-electron chi connectivity index (χ3n) is 2.87. The van der Waals surface area contributed by atoms with Crippen molar-refractivity contribution in [3.63, 3.8) is 0 Å². The minimum Gasteiger partial charge on any atom is -0.495 e. The Balaban J connectivity index is 2.17. The van der Waals surface area contributed by atoms with Crippen molar-refractivity contribution in [3.8, 4) is 5.75 Å². The van der Waals surface area contributed by atoms with E-state index < -0.39 is 0 Å². The standard InChI is InChI=1S/C14H18N2OS/c1-3-12(14-5-4-8-18-14)16-10-6-7-11(15)13(9-10)17-2/h4-9,12,16H,3,15H2,1-2H3. The van der Waals surface area contributed by atoms with Crippen molar-refractivity contribution in [1.82, 2.24) is 0 Å². The Morgan fingerprint density at radius 2 is 2.22 bits per heavy atom. The number of methoxy groups -OCH3 is 1. The van der Waals surface area contributed by atoms with Gasteiger partial charge in [0.15, 0.2) is 0 Å². The van der Waals surface area contributed by atoms with Gasteiger partial charge in [0.05, 0.1) is 18.8 Å². The lowest BCUT2D eigenvalue weighted by molar-refractivity contribution is 0.417.